The molecule has 0 N–H and O–H groups in total. The number of benzene rings is 5. The molecular formula is C38H27NO2. The van der Waals surface area contributed by atoms with Crippen molar-refractivity contribution in [3.63, 3.8) is 0 Å². The van der Waals surface area contributed by atoms with Crippen LogP contribution in [0.15, 0.2) is 118 Å². The van der Waals surface area contributed by atoms with Crippen LogP contribution in [0.4, 0.5) is 0 Å². The third kappa shape index (κ3) is 3.49. The zero-order valence-corrected chi connectivity index (χ0v) is 23.2. The van der Waals surface area contributed by atoms with Gasteiger partial charge in [-0.1, -0.05) is 84.9 Å². The fourth-order valence-electron chi connectivity index (χ4n) is 6.40. The maximum Gasteiger partial charge on any atom is 0.147 e. The Morgan fingerprint density at radius 1 is 0.488 bits per heavy atom. The van der Waals surface area contributed by atoms with E-state index in [0.717, 1.165) is 88.5 Å². The van der Waals surface area contributed by atoms with Crippen LogP contribution in [-0.4, -0.2) is 4.98 Å². The normalized spacial score (nSPS) is 11.8. The van der Waals surface area contributed by atoms with Gasteiger partial charge in [-0.3, -0.25) is 4.98 Å². The van der Waals surface area contributed by atoms with Gasteiger partial charge in [0.2, 0.25) is 0 Å². The molecule has 41 heavy (non-hydrogen) atoms. The lowest BCUT2D eigenvalue weighted by atomic mass is 9.86. The van der Waals surface area contributed by atoms with E-state index in [1.165, 1.54) is 5.56 Å². The van der Waals surface area contributed by atoms with Gasteiger partial charge < -0.3 is 8.83 Å². The number of rotatable bonds is 3. The first kappa shape index (κ1) is 23.7. The van der Waals surface area contributed by atoms with Crippen LogP contribution in [0.2, 0.25) is 0 Å². The van der Waals surface area contributed by atoms with Gasteiger partial charge in [-0.25, -0.2) is 0 Å². The third-order valence-corrected chi connectivity index (χ3v) is 8.31. The van der Waals surface area contributed by atoms with E-state index < -0.39 is 0 Å². The third-order valence-electron chi connectivity index (χ3n) is 8.31. The Morgan fingerprint density at radius 2 is 1.07 bits per heavy atom. The smallest absolute Gasteiger partial charge is 0.147 e. The van der Waals surface area contributed by atoms with E-state index >= 15 is 0 Å². The molecule has 0 spiro atoms. The number of hydrogen-bond acceptors (Lipinski definition) is 3. The van der Waals surface area contributed by atoms with Crippen molar-refractivity contribution >= 4 is 43.9 Å². The summed E-state index contributed by atoms with van der Waals surface area (Å²) >= 11 is 0. The second-order valence-electron chi connectivity index (χ2n) is 10.9. The van der Waals surface area contributed by atoms with Crippen molar-refractivity contribution in [3.05, 3.63) is 126 Å². The molecule has 8 aromatic rings. The Kier molecular flexibility index (Phi) is 5.17. The van der Waals surface area contributed by atoms with E-state index in [1.54, 1.807) is 0 Å². The van der Waals surface area contributed by atoms with Gasteiger partial charge in [-0.2, -0.15) is 0 Å². The SMILES string of the molecule is Cc1cnc(-c2ccccc2)cc1-c1c(-c2ccccc2)c2c(oc3cccc(C)c32)c2c1oc1cccc(C)c12. The molecule has 0 aliphatic heterocycles. The molecule has 0 bridgehead atoms. The molecule has 0 aliphatic carbocycles. The summed E-state index contributed by atoms with van der Waals surface area (Å²) in [6, 6.07) is 35.8. The Hall–Kier alpha value is -5.15. The first-order valence-electron chi connectivity index (χ1n) is 14.0. The lowest BCUT2D eigenvalue weighted by Gasteiger charge is -2.16. The first-order valence-corrected chi connectivity index (χ1v) is 14.0. The number of fused-ring (bicyclic) bond motifs is 7. The van der Waals surface area contributed by atoms with Crippen LogP contribution in [0.3, 0.4) is 0 Å². The van der Waals surface area contributed by atoms with E-state index in [2.05, 4.69) is 118 Å². The van der Waals surface area contributed by atoms with Crippen LogP contribution in [0.1, 0.15) is 16.7 Å². The molecule has 3 heterocycles. The highest BCUT2D eigenvalue weighted by Crippen LogP contribution is 2.52. The number of hydrogen-bond donors (Lipinski definition) is 0. The van der Waals surface area contributed by atoms with Gasteiger partial charge in [-0.15, -0.1) is 0 Å². The summed E-state index contributed by atoms with van der Waals surface area (Å²) in [6.07, 6.45) is 1.98. The monoisotopic (exact) mass is 529 g/mol. The maximum absolute atomic E-state index is 6.84. The summed E-state index contributed by atoms with van der Waals surface area (Å²) in [5.41, 5.74) is 13.3. The molecule has 0 saturated heterocycles. The number of aryl methyl sites for hydroxylation is 3. The fraction of sp³-hybridized carbons (Fsp3) is 0.0789. The number of pyridine rings is 1. The van der Waals surface area contributed by atoms with E-state index in [0.29, 0.717) is 0 Å². The standard InChI is InChI=1S/C38H27NO2/c1-22-12-10-18-29-31(22)35-33(26-16-8-5-9-17-26)34(27-20-28(39-21-24(27)3)25-14-6-4-7-15-25)37-36(38(35)41-29)32-23(2)13-11-19-30(32)40-37/h4-21H,1-3H3. The molecular weight excluding hydrogens is 502 g/mol. The van der Waals surface area contributed by atoms with Gasteiger partial charge in [0.05, 0.1) is 11.1 Å². The van der Waals surface area contributed by atoms with Crippen molar-refractivity contribution in [2.45, 2.75) is 20.8 Å². The molecule has 0 atom stereocenters. The molecule has 0 aliphatic rings. The topological polar surface area (TPSA) is 39.2 Å². The predicted molar refractivity (Wildman–Crippen MR) is 169 cm³/mol. The van der Waals surface area contributed by atoms with Crippen LogP contribution in [0, 0.1) is 20.8 Å². The molecule has 0 unspecified atom stereocenters. The minimum absolute atomic E-state index is 0.839. The predicted octanol–water partition coefficient (Wildman–Crippen LogP) is 10.8. The van der Waals surface area contributed by atoms with E-state index in [4.69, 9.17) is 13.8 Å². The fourth-order valence-corrected chi connectivity index (χ4v) is 6.40. The van der Waals surface area contributed by atoms with Gasteiger partial charge in [0.25, 0.3) is 0 Å². The van der Waals surface area contributed by atoms with Crippen LogP contribution in [0.25, 0.3) is 77.4 Å². The molecule has 196 valence electrons. The first-order chi connectivity index (χ1) is 20.1. The van der Waals surface area contributed by atoms with Gasteiger partial charge in [0.1, 0.15) is 22.3 Å². The van der Waals surface area contributed by atoms with Crippen molar-refractivity contribution in [3.8, 4) is 33.5 Å². The minimum atomic E-state index is 0.839. The maximum atomic E-state index is 6.84. The molecule has 0 radical (unpaired) electrons. The van der Waals surface area contributed by atoms with Crippen molar-refractivity contribution in [2.75, 3.05) is 0 Å². The van der Waals surface area contributed by atoms with Crippen LogP contribution < -0.4 is 0 Å². The summed E-state index contributed by atoms with van der Waals surface area (Å²) in [4.78, 5) is 4.84. The van der Waals surface area contributed by atoms with Crippen molar-refractivity contribution < 1.29 is 8.83 Å². The molecule has 0 saturated carbocycles. The van der Waals surface area contributed by atoms with Crippen LogP contribution in [0.5, 0.6) is 0 Å². The number of nitrogens with zero attached hydrogens (tertiary/aromatic N) is 1. The van der Waals surface area contributed by atoms with Gasteiger partial charge >= 0.3 is 0 Å². The summed E-state index contributed by atoms with van der Waals surface area (Å²) < 4.78 is 13.6. The van der Waals surface area contributed by atoms with Gasteiger partial charge in [-0.05, 0) is 66.8 Å². The summed E-state index contributed by atoms with van der Waals surface area (Å²) in [7, 11) is 0. The van der Waals surface area contributed by atoms with E-state index in [9.17, 15) is 0 Å². The highest BCUT2D eigenvalue weighted by Gasteiger charge is 2.28. The Morgan fingerprint density at radius 3 is 1.73 bits per heavy atom. The Balaban J connectivity index is 1.66. The van der Waals surface area contributed by atoms with Crippen molar-refractivity contribution in [1.29, 1.82) is 0 Å². The molecule has 5 aromatic carbocycles. The zero-order valence-electron chi connectivity index (χ0n) is 23.2. The summed E-state index contributed by atoms with van der Waals surface area (Å²) in [6.45, 7) is 6.45. The highest BCUT2D eigenvalue weighted by molar-refractivity contribution is 6.31. The van der Waals surface area contributed by atoms with Crippen molar-refractivity contribution in [2.24, 2.45) is 0 Å². The molecule has 0 amide bonds. The average Bonchev–Trinajstić information content (AvgIpc) is 3.58. The van der Waals surface area contributed by atoms with Crippen LogP contribution >= 0.6 is 0 Å². The largest absolute Gasteiger partial charge is 0.455 e. The quantitative estimate of drug-likeness (QED) is 0.228. The van der Waals surface area contributed by atoms with Gasteiger partial charge in [0, 0.05) is 39.0 Å². The number of aromatic nitrogens is 1. The molecule has 8 rings (SSSR count). The van der Waals surface area contributed by atoms with Crippen LogP contribution in [-0.2, 0) is 0 Å². The second kappa shape index (κ2) is 8.94. The summed E-state index contributed by atoms with van der Waals surface area (Å²) in [5.74, 6) is 0. The molecule has 3 nitrogen and oxygen atoms in total. The minimum Gasteiger partial charge on any atom is -0.455 e. The lowest BCUT2D eigenvalue weighted by molar-refractivity contribution is 0.663. The molecule has 3 heteroatoms. The van der Waals surface area contributed by atoms with Gasteiger partial charge in [0.15, 0.2) is 0 Å². The number of furan rings is 2. The molecule has 0 fully saturated rings. The highest BCUT2D eigenvalue weighted by atomic mass is 16.3. The average molecular weight is 530 g/mol. The Labute approximate surface area is 237 Å². The molecule has 3 aromatic heterocycles. The Bertz CT molecular complexity index is 2270. The zero-order chi connectivity index (χ0) is 27.7. The second-order valence-corrected chi connectivity index (χ2v) is 10.9. The van der Waals surface area contributed by atoms with Crippen molar-refractivity contribution in [1.82, 2.24) is 4.98 Å². The lowest BCUT2D eigenvalue weighted by Crippen LogP contribution is -1.94. The summed E-state index contributed by atoms with van der Waals surface area (Å²) in [5, 5.41) is 4.38. The van der Waals surface area contributed by atoms with E-state index in [-0.39, 0.29) is 0 Å². The van der Waals surface area contributed by atoms with E-state index in [1.807, 2.05) is 12.3 Å².